The Bertz CT molecular complexity index is 416. The van der Waals surface area contributed by atoms with Gasteiger partial charge >= 0.3 is 0 Å². The second kappa shape index (κ2) is 9.97. The molecule has 5 nitrogen and oxygen atoms in total. The number of Topliss-reactive ketones (excluding diaryl/α,β-unsaturated/α-hetero) is 1. The van der Waals surface area contributed by atoms with Crippen molar-refractivity contribution in [3.8, 4) is 5.75 Å². The summed E-state index contributed by atoms with van der Waals surface area (Å²) in [6.07, 6.45) is 0.501. The quantitative estimate of drug-likeness (QED) is 0.733. The first-order chi connectivity index (χ1) is 9.52. The smallest absolute Gasteiger partial charge is 0.237 e. The van der Waals surface area contributed by atoms with Crippen LogP contribution in [0.1, 0.15) is 26.3 Å². The molecule has 1 aromatic carbocycles. The number of hydrogen-bond acceptors (Lipinski definition) is 4. The Hall–Kier alpha value is -1.88. The number of carbonyl (C=O) groups is 2. The minimum atomic E-state index is -0.395. The van der Waals surface area contributed by atoms with Crippen LogP contribution in [0.3, 0.4) is 0 Å². The summed E-state index contributed by atoms with van der Waals surface area (Å²) in [5.74, 6) is -0.0931. The number of amides is 1. The van der Waals surface area contributed by atoms with Gasteiger partial charge in [-0.1, -0.05) is 26.0 Å². The molecule has 0 saturated heterocycles. The van der Waals surface area contributed by atoms with Crippen LogP contribution in [0, 0.1) is 0 Å². The van der Waals surface area contributed by atoms with E-state index in [4.69, 9.17) is 0 Å². The lowest BCUT2D eigenvalue weighted by atomic mass is 10.1. The van der Waals surface area contributed by atoms with Gasteiger partial charge in [0.15, 0.2) is 0 Å². The maximum atomic E-state index is 11.8. The van der Waals surface area contributed by atoms with Gasteiger partial charge in [0, 0.05) is 0 Å². The SMILES string of the molecule is CC.CNC(Cc1ccc(O)cc1)C(=O)NCC(C)=O. The zero-order valence-corrected chi connectivity index (χ0v) is 12.6. The van der Waals surface area contributed by atoms with Gasteiger partial charge in [-0.3, -0.25) is 9.59 Å². The van der Waals surface area contributed by atoms with Gasteiger partial charge in [-0.2, -0.15) is 0 Å². The third-order valence-corrected chi connectivity index (χ3v) is 2.55. The predicted molar refractivity (Wildman–Crippen MR) is 79.7 cm³/mol. The molecule has 1 aromatic rings. The molecule has 1 rings (SSSR count). The summed E-state index contributed by atoms with van der Waals surface area (Å²) in [7, 11) is 1.69. The summed E-state index contributed by atoms with van der Waals surface area (Å²) in [4.78, 5) is 22.6. The minimum absolute atomic E-state index is 0.0482. The lowest BCUT2D eigenvalue weighted by molar-refractivity contribution is -0.125. The lowest BCUT2D eigenvalue weighted by Crippen LogP contribution is -2.45. The fourth-order valence-corrected chi connectivity index (χ4v) is 1.53. The molecule has 3 N–H and O–H groups in total. The molecule has 0 heterocycles. The number of likely N-dealkylation sites (N-methyl/N-ethyl adjacent to an activating group) is 1. The zero-order chi connectivity index (χ0) is 15.5. The molecule has 0 aliphatic carbocycles. The van der Waals surface area contributed by atoms with E-state index in [9.17, 15) is 14.7 Å². The number of phenolic OH excluding ortho intramolecular Hbond substituents is 1. The van der Waals surface area contributed by atoms with Gasteiger partial charge in [0.2, 0.25) is 5.91 Å². The van der Waals surface area contributed by atoms with Crippen LogP contribution in [0.25, 0.3) is 0 Å². The number of hydrogen-bond donors (Lipinski definition) is 3. The molecule has 0 fully saturated rings. The average molecular weight is 280 g/mol. The van der Waals surface area contributed by atoms with Gasteiger partial charge < -0.3 is 15.7 Å². The van der Waals surface area contributed by atoms with Crippen molar-refractivity contribution in [2.75, 3.05) is 13.6 Å². The monoisotopic (exact) mass is 280 g/mol. The molecule has 0 saturated carbocycles. The molecule has 0 bridgehead atoms. The molecular formula is C15H24N2O3. The van der Waals surface area contributed by atoms with Crippen molar-refractivity contribution < 1.29 is 14.7 Å². The maximum absolute atomic E-state index is 11.8. The summed E-state index contributed by atoms with van der Waals surface area (Å²) >= 11 is 0. The Morgan fingerprint density at radius 1 is 1.20 bits per heavy atom. The summed E-state index contributed by atoms with van der Waals surface area (Å²) < 4.78 is 0. The molecule has 0 radical (unpaired) electrons. The van der Waals surface area contributed by atoms with Gasteiger partial charge in [-0.15, -0.1) is 0 Å². The molecular weight excluding hydrogens is 256 g/mol. The largest absolute Gasteiger partial charge is 0.508 e. The highest BCUT2D eigenvalue weighted by Gasteiger charge is 2.16. The average Bonchev–Trinajstić information content (AvgIpc) is 2.46. The van der Waals surface area contributed by atoms with Crippen molar-refractivity contribution in [3.05, 3.63) is 29.8 Å². The van der Waals surface area contributed by atoms with Crippen LogP contribution >= 0.6 is 0 Å². The molecule has 112 valence electrons. The van der Waals surface area contributed by atoms with Crippen LogP contribution in [-0.2, 0) is 16.0 Å². The van der Waals surface area contributed by atoms with E-state index >= 15 is 0 Å². The standard InChI is InChI=1S/C13H18N2O3.C2H6/c1-9(16)8-15-13(18)12(14-2)7-10-3-5-11(17)6-4-10;1-2/h3-6,12,14,17H,7-8H2,1-2H3,(H,15,18);1-2H3. The molecule has 0 aliphatic heterocycles. The zero-order valence-electron chi connectivity index (χ0n) is 12.6. The van der Waals surface area contributed by atoms with Gasteiger partial charge in [-0.05, 0) is 38.1 Å². The van der Waals surface area contributed by atoms with Crippen LogP contribution in [0.5, 0.6) is 5.75 Å². The van der Waals surface area contributed by atoms with E-state index in [0.717, 1.165) is 5.56 Å². The molecule has 1 unspecified atom stereocenters. The summed E-state index contributed by atoms with van der Waals surface area (Å²) in [5.41, 5.74) is 0.935. The third-order valence-electron chi connectivity index (χ3n) is 2.55. The highest BCUT2D eigenvalue weighted by molar-refractivity contribution is 5.87. The van der Waals surface area contributed by atoms with E-state index in [2.05, 4.69) is 10.6 Å². The molecule has 1 amide bonds. The first-order valence-electron chi connectivity index (χ1n) is 6.75. The maximum Gasteiger partial charge on any atom is 0.237 e. The van der Waals surface area contributed by atoms with Crippen molar-refractivity contribution in [2.24, 2.45) is 0 Å². The number of carbonyl (C=O) groups excluding carboxylic acids is 2. The number of nitrogens with one attached hydrogen (secondary N) is 2. The summed E-state index contributed by atoms with van der Waals surface area (Å²) in [6, 6.07) is 6.29. The highest BCUT2D eigenvalue weighted by atomic mass is 16.3. The number of aromatic hydroxyl groups is 1. The number of phenols is 1. The van der Waals surface area contributed by atoms with Crippen LogP contribution < -0.4 is 10.6 Å². The number of benzene rings is 1. The minimum Gasteiger partial charge on any atom is -0.508 e. The first kappa shape index (κ1) is 18.1. The predicted octanol–water partition coefficient (Wildman–Crippen LogP) is 1.25. The van der Waals surface area contributed by atoms with Crippen molar-refractivity contribution in [1.82, 2.24) is 10.6 Å². The van der Waals surface area contributed by atoms with Crippen LogP contribution in [0.4, 0.5) is 0 Å². The van der Waals surface area contributed by atoms with E-state index in [1.54, 1.807) is 31.3 Å². The van der Waals surface area contributed by atoms with E-state index in [1.807, 2.05) is 13.8 Å². The molecule has 1 atom stereocenters. The van der Waals surface area contributed by atoms with Crippen molar-refractivity contribution in [1.29, 1.82) is 0 Å². The second-order valence-corrected chi connectivity index (χ2v) is 4.13. The molecule has 0 aromatic heterocycles. The highest BCUT2D eigenvalue weighted by Crippen LogP contribution is 2.11. The topological polar surface area (TPSA) is 78.4 Å². The van der Waals surface area contributed by atoms with Crippen molar-refractivity contribution in [3.63, 3.8) is 0 Å². The van der Waals surface area contributed by atoms with Gasteiger partial charge in [0.25, 0.3) is 0 Å². The van der Waals surface area contributed by atoms with E-state index in [-0.39, 0.29) is 24.0 Å². The van der Waals surface area contributed by atoms with Crippen molar-refractivity contribution in [2.45, 2.75) is 33.2 Å². The Labute approximate surface area is 120 Å². The third kappa shape index (κ3) is 6.89. The summed E-state index contributed by atoms with van der Waals surface area (Å²) in [6.45, 7) is 5.47. The normalized spacial score (nSPS) is 11.0. The Morgan fingerprint density at radius 2 is 1.75 bits per heavy atom. The lowest BCUT2D eigenvalue weighted by Gasteiger charge is -2.15. The second-order valence-electron chi connectivity index (χ2n) is 4.13. The number of rotatable bonds is 6. The van der Waals surface area contributed by atoms with Gasteiger partial charge in [-0.25, -0.2) is 0 Å². The molecule has 0 spiro atoms. The summed E-state index contributed by atoms with van der Waals surface area (Å²) in [5, 5.41) is 14.6. The first-order valence-corrected chi connectivity index (χ1v) is 6.75. The van der Waals surface area contributed by atoms with Crippen LogP contribution in [-0.4, -0.2) is 36.4 Å². The Kier molecular flexibility index (Phi) is 9.04. The molecule has 20 heavy (non-hydrogen) atoms. The van der Waals surface area contributed by atoms with Crippen LogP contribution in [0.15, 0.2) is 24.3 Å². The Morgan fingerprint density at radius 3 is 2.20 bits per heavy atom. The van der Waals surface area contributed by atoms with E-state index in [0.29, 0.717) is 6.42 Å². The van der Waals surface area contributed by atoms with Gasteiger partial charge in [0.05, 0.1) is 12.6 Å². The molecule has 5 heteroatoms. The van der Waals surface area contributed by atoms with Crippen LogP contribution in [0.2, 0.25) is 0 Å². The Balaban J connectivity index is 0.00000172. The number of ketones is 1. The van der Waals surface area contributed by atoms with E-state index < -0.39 is 6.04 Å². The van der Waals surface area contributed by atoms with E-state index in [1.165, 1.54) is 6.92 Å². The van der Waals surface area contributed by atoms with Crippen molar-refractivity contribution >= 4 is 11.7 Å². The fraction of sp³-hybridized carbons (Fsp3) is 0.467. The molecule has 0 aliphatic rings. The van der Waals surface area contributed by atoms with Gasteiger partial charge in [0.1, 0.15) is 11.5 Å². The fourth-order valence-electron chi connectivity index (χ4n) is 1.53.